The average Bonchev–Trinajstić information content (AvgIpc) is 2.67. The molecule has 3 N–H and O–H groups in total. The first-order valence-electron chi connectivity index (χ1n) is 10.1. The molecule has 2 heterocycles. The molecule has 30 heavy (non-hydrogen) atoms. The molecule has 4 rings (SSSR count). The quantitative estimate of drug-likeness (QED) is 0.593. The molecule has 0 saturated carbocycles. The summed E-state index contributed by atoms with van der Waals surface area (Å²) in [5.74, 6) is 0.247. The van der Waals surface area contributed by atoms with Crippen LogP contribution in [0.5, 0.6) is 0 Å². The largest absolute Gasteiger partial charge is 0.323 e. The van der Waals surface area contributed by atoms with E-state index in [2.05, 4.69) is 45.0 Å². The fourth-order valence-electron chi connectivity index (χ4n) is 4.07. The Morgan fingerprint density at radius 2 is 1.90 bits per heavy atom. The first-order chi connectivity index (χ1) is 14.3. The second kappa shape index (κ2) is 8.20. The lowest BCUT2D eigenvalue weighted by molar-refractivity contribution is -0.128. The minimum absolute atomic E-state index is 0.0250. The van der Waals surface area contributed by atoms with Gasteiger partial charge in [-0.05, 0) is 57.4 Å². The third kappa shape index (κ3) is 4.11. The highest BCUT2D eigenvalue weighted by molar-refractivity contribution is 6.31. The van der Waals surface area contributed by atoms with E-state index in [1.165, 1.54) is 5.56 Å². The summed E-state index contributed by atoms with van der Waals surface area (Å²) < 4.78 is 0. The summed E-state index contributed by atoms with van der Waals surface area (Å²) >= 11 is 6.28. The maximum absolute atomic E-state index is 12.8. The van der Waals surface area contributed by atoms with E-state index in [1.807, 2.05) is 45.0 Å². The van der Waals surface area contributed by atoms with Crippen molar-refractivity contribution < 1.29 is 4.79 Å². The molecule has 156 valence electrons. The summed E-state index contributed by atoms with van der Waals surface area (Å²) in [6, 6.07) is 11.8. The number of hydrogen-bond acceptors (Lipinski definition) is 5. The molecule has 1 saturated heterocycles. The van der Waals surface area contributed by atoms with E-state index in [1.54, 1.807) is 0 Å². The highest BCUT2D eigenvalue weighted by Crippen LogP contribution is 2.24. The van der Waals surface area contributed by atoms with Crippen molar-refractivity contribution in [3.63, 3.8) is 0 Å². The van der Waals surface area contributed by atoms with Gasteiger partial charge in [0.1, 0.15) is 0 Å². The van der Waals surface area contributed by atoms with Gasteiger partial charge in [-0.3, -0.25) is 10.1 Å². The number of anilines is 1. The van der Waals surface area contributed by atoms with Crippen LogP contribution in [0.2, 0.25) is 5.02 Å². The summed E-state index contributed by atoms with van der Waals surface area (Å²) in [5.41, 5.74) is 5.08. The number of benzene rings is 2. The Bertz CT molecular complexity index is 1120. The number of aryl methyl sites for hydroxylation is 3. The van der Waals surface area contributed by atoms with Crippen LogP contribution >= 0.6 is 11.6 Å². The Balaban J connectivity index is 1.51. The van der Waals surface area contributed by atoms with Gasteiger partial charge in [0.25, 0.3) is 0 Å². The van der Waals surface area contributed by atoms with E-state index >= 15 is 0 Å². The van der Waals surface area contributed by atoms with Crippen molar-refractivity contribution in [2.75, 3.05) is 5.32 Å². The predicted octanol–water partition coefficient (Wildman–Crippen LogP) is 3.87. The minimum atomic E-state index is -0.447. The molecule has 0 bridgehead atoms. The van der Waals surface area contributed by atoms with Crippen LogP contribution in [-0.2, 0) is 11.2 Å². The zero-order chi connectivity index (χ0) is 21.4. The van der Waals surface area contributed by atoms with Crippen LogP contribution in [-0.4, -0.2) is 28.2 Å². The Morgan fingerprint density at radius 3 is 2.63 bits per heavy atom. The maximum atomic E-state index is 12.8. The normalized spacial score (nSPS) is 21.5. The number of rotatable bonds is 4. The number of amides is 1. The lowest BCUT2D eigenvalue weighted by Gasteiger charge is -2.36. The summed E-state index contributed by atoms with van der Waals surface area (Å²) in [5, 5.41) is 11.4. The summed E-state index contributed by atoms with van der Waals surface area (Å²) in [6.45, 7) is 8.10. The predicted molar refractivity (Wildman–Crippen MR) is 121 cm³/mol. The molecule has 0 aliphatic carbocycles. The lowest BCUT2D eigenvalue weighted by Crippen LogP contribution is -2.63. The number of aromatic nitrogens is 2. The Kier molecular flexibility index (Phi) is 5.62. The number of carbonyl (C=O) groups excluding carboxylic acids is 1. The summed E-state index contributed by atoms with van der Waals surface area (Å²) in [4.78, 5) is 22.1. The molecular weight excluding hydrogens is 398 g/mol. The first kappa shape index (κ1) is 20.6. The van der Waals surface area contributed by atoms with Crippen LogP contribution in [0, 0.1) is 26.7 Å². The van der Waals surface area contributed by atoms with Gasteiger partial charge in [-0.2, -0.15) is 0 Å². The molecule has 0 spiro atoms. The fraction of sp³-hybridized carbons (Fsp3) is 0.348. The van der Waals surface area contributed by atoms with E-state index in [-0.39, 0.29) is 17.9 Å². The van der Waals surface area contributed by atoms with Crippen LogP contribution in [0.25, 0.3) is 10.9 Å². The highest BCUT2D eigenvalue weighted by Gasteiger charge is 2.34. The van der Waals surface area contributed by atoms with Gasteiger partial charge in [-0.1, -0.05) is 41.4 Å². The third-order valence-corrected chi connectivity index (χ3v) is 6.02. The average molecular weight is 424 g/mol. The van der Waals surface area contributed by atoms with Crippen LogP contribution in [0.1, 0.15) is 29.3 Å². The van der Waals surface area contributed by atoms with Crippen molar-refractivity contribution in [1.82, 2.24) is 20.6 Å². The van der Waals surface area contributed by atoms with Crippen molar-refractivity contribution in [2.45, 2.75) is 46.4 Å². The Hall–Kier alpha value is -2.70. The van der Waals surface area contributed by atoms with Crippen molar-refractivity contribution in [3.05, 3.63) is 63.8 Å². The van der Waals surface area contributed by atoms with Crippen LogP contribution in [0.3, 0.4) is 0 Å². The molecule has 0 radical (unpaired) electrons. The first-order valence-corrected chi connectivity index (χ1v) is 10.5. The van der Waals surface area contributed by atoms with Crippen LogP contribution in [0.15, 0.2) is 36.4 Å². The second-order valence-electron chi connectivity index (χ2n) is 8.05. The topological polar surface area (TPSA) is 78.9 Å². The van der Waals surface area contributed by atoms with Gasteiger partial charge in [0.2, 0.25) is 11.9 Å². The van der Waals surface area contributed by atoms with Crippen molar-refractivity contribution in [2.24, 2.45) is 5.92 Å². The van der Waals surface area contributed by atoms with Gasteiger partial charge in [0, 0.05) is 16.5 Å². The molecule has 1 aliphatic heterocycles. The standard InChI is InChI=1S/C23H26ClN5O/c1-12-9-13(2)20-17(10-12)14(3)25-22(27-20)29-23-26-15(4)18(21(30)28-23)11-16-7-5-6-8-19(16)24/h5-10,15,18,23,26H,11H2,1-4H3,(H,28,30)(H,25,27,29). The SMILES string of the molecule is Cc1cc(C)c2nc(NC3NC(=O)C(Cc4ccccc4Cl)C(C)N3)nc(C)c2c1. The smallest absolute Gasteiger partial charge is 0.227 e. The van der Waals surface area contributed by atoms with Crippen molar-refractivity contribution >= 4 is 34.4 Å². The maximum Gasteiger partial charge on any atom is 0.227 e. The number of halogens is 1. The molecule has 7 heteroatoms. The molecule has 1 aromatic heterocycles. The Labute approximate surface area is 181 Å². The molecular formula is C23H26ClN5O. The molecule has 3 unspecified atom stereocenters. The number of nitrogens with zero attached hydrogens (tertiary/aromatic N) is 2. The third-order valence-electron chi connectivity index (χ3n) is 5.65. The van der Waals surface area contributed by atoms with Gasteiger partial charge in [0.15, 0.2) is 6.29 Å². The number of carbonyl (C=O) groups is 1. The summed E-state index contributed by atoms with van der Waals surface area (Å²) in [7, 11) is 0. The zero-order valence-corrected chi connectivity index (χ0v) is 18.3. The monoisotopic (exact) mass is 423 g/mol. The zero-order valence-electron chi connectivity index (χ0n) is 17.6. The second-order valence-corrected chi connectivity index (χ2v) is 8.46. The fourth-order valence-corrected chi connectivity index (χ4v) is 4.29. The number of fused-ring (bicyclic) bond motifs is 1. The van der Waals surface area contributed by atoms with Gasteiger partial charge < -0.3 is 10.6 Å². The van der Waals surface area contributed by atoms with E-state index in [4.69, 9.17) is 11.6 Å². The van der Waals surface area contributed by atoms with Gasteiger partial charge in [-0.25, -0.2) is 9.97 Å². The Morgan fingerprint density at radius 1 is 1.13 bits per heavy atom. The van der Waals surface area contributed by atoms with E-state index < -0.39 is 6.29 Å². The molecule has 1 fully saturated rings. The molecule has 3 atom stereocenters. The minimum Gasteiger partial charge on any atom is -0.323 e. The van der Waals surface area contributed by atoms with Crippen molar-refractivity contribution in [3.8, 4) is 0 Å². The van der Waals surface area contributed by atoms with E-state index in [0.29, 0.717) is 17.4 Å². The molecule has 1 amide bonds. The van der Waals surface area contributed by atoms with E-state index in [9.17, 15) is 4.79 Å². The molecule has 1 aliphatic rings. The van der Waals surface area contributed by atoms with Gasteiger partial charge >= 0.3 is 0 Å². The van der Waals surface area contributed by atoms with Crippen LogP contribution < -0.4 is 16.0 Å². The molecule has 2 aromatic carbocycles. The van der Waals surface area contributed by atoms with Gasteiger partial charge in [0.05, 0.1) is 17.1 Å². The number of nitrogens with one attached hydrogen (secondary N) is 3. The van der Waals surface area contributed by atoms with E-state index in [0.717, 1.165) is 27.7 Å². The molecule has 6 nitrogen and oxygen atoms in total. The van der Waals surface area contributed by atoms with Crippen molar-refractivity contribution in [1.29, 1.82) is 0 Å². The van der Waals surface area contributed by atoms with Crippen LogP contribution in [0.4, 0.5) is 5.95 Å². The number of hydrogen-bond donors (Lipinski definition) is 3. The van der Waals surface area contributed by atoms with Gasteiger partial charge in [-0.15, -0.1) is 0 Å². The summed E-state index contributed by atoms with van der Waals surface area (Å²) in [6.07, 6.45) is 0.133. The molecule has 3 aromatic rings. The lowest BCUT2D eigenvalue weighted by atomic mass is 9.90. The highest BCUT2D eigenvalue weighted by atomic mass is 35.5.